The van der Waals surface area contributed by atoms with Crippen molar-refractivity contribution in [2.75, 3.05) is 6.61 Å². The van der Waals surface area contributed by atoms with E-state index in [1.807, 2.05) is 0 Å². The molecule has 22 heavy (non-hydrogen) atoms. The second kappa shape index (κ2) is 5.55. The van der Waals surface area contributed by atoms with Gasteiger partial charge in [-0.1, -0.05) is 0 Å². The number of nitrogens with zero attached hydrogens (tertiary/aromatic N) is 3. The third kappa shape index (κ3) is 2.43. The van der Waals surface area contributed by atoms with Crippen molar-refractivity contribution in [3.8, 4) is 11.3 Å². The summed E-state index contributed by atoms with van der Waals surface area (Å²) in [6.45, 7) is 3.83. The number of rotatable bonds is 3. The van der Waals surface area contributed by atoms with E-state index in [2.05, 4.69) is 10.1 Å². The molecule has 6 heteroatoms. The molecule has 0 aliphatic carbocycles. The third-order valence-corrected chi connectivity index (χ3v) is 3.36. The molecule has 0 N–H and O–H groups in total. The van der Waals surface area contributed by atoms with Crippen LogP contribution in [-0.4, -0.2) is 27.2 Å². The van der Waals surface area contributed by atoms with E-state index in [0.29, 0.717) is 29.2 Å². The number of ether oxygens (including phenoxy) is 1. The Morgan fingerprint density at radius 2 is 2.05 bits per heavy atom. The van der Waals surface area contributed by atoms with Gasteiger partial charge in [0.2, 0.25) is 0 Å². The quantitative estimate of drug-likeness (QED) is 0.698. The molecule has 0 atom stereocenters. The Balaban J connectivity index is 2.08. The minimum atomic E-state index is -0.423. The average Bonchev–Trinajstić information content (AvgIpc) is 2.93. The van der Waals surface area contributed by atoms with Crippen LogP contribution in [0.4, 0.5) is 4.39 Å². The largest absolute Gasteiger partial charge is 0.462 e. The second-order valence-corrected chi connectivity index (χ2v) is 4.78. The molecule has 0 aliphatic heterocycles. The number of halogens is 1. The van der Waals surface area contributed by atoms with E-state index in [1.54, 1.807) is 36.6 Å². The molecular weight excluding hydrogens is 285 g/mol. The monoisotopic (exact) mass is 299 g/mol. The number of aromatic nitrogens is 3. The van der Waals surface area contributed by atoms with Gasteiger partial charge in [0.25, 0.3) is 0 Å². The standard InChI is InChI=1S/C16H14FN3O2/c1-3-22-16(21)13-9-18-15-8-14(19-20(15)10(13)2)11-4-6-12(17)7-5-11/h4-9H,3H2,1-2H3. The predicted molar refractivity (Wildman–Crippen MR) is 79.1 cm³/mol. The first-order valence-corrected chi connectivity index (χ1v) is 6.88. The molecule has 2 heterocycles. The van der Waals surface area contributed by atoms with Crippen molar-refractivity contribution in [1.29, 1.82) is 0 Å². The summed E-state index contributed by atoms with van der Waals surface area (Å²) in [4.78, 5) is 16.1. The molecule has 0 bridgehead atoms. The van der Waals surface area contributed by atoms with Crippen molar-refractivity contribution in [1.82, 2.24) is 14.6 Å². The van der Waals surface area contributed by atoms with Gasteiger partial charge < -0.3 is 4.74 Å². The smallest absolute Gasteiger partial charge is 0.341 e. The van der Waals surface area contributed by atoms with E-state index >= 15 is 0 Å². The Hall–Kier alpha value is -2.76. The van der Waals surface area contributed by atoms with E-state index in [4.69, 9.17) is 4.74 Å². The van der Waals surface area contributed by atoms with Crippen LogP contribution in [0.2, 0.25) is 0 Å². The van der Waals surface area contributed by atoms with Gasteiger partial charge in [-0.2, -0.15) is 5.10 Å². The maximum Gasteiger partial charge on any atom is 0.341 e. The summed E-state index contributed by atoms with van der Waals surface area (Å²) in [6, 6.07) is 7.85. The molecule has 0 fully saturated rings. The Morgan fingerprint density at radius 3 is 2.73 bits per heavy atom. The van der Waals surface area contributed by atoms with Crippen molar-refractivity contribution in [3.05, 3.63) is 53.6 Å². The highest BCUT2D eigenvalue weighted by Crippen LogP contribution is 2.21. The summed E-state index contributed by atoms with van der Waals surface area (Å²) in [5, 5.41) is 4.44. The zero-order chi connectivity index (χ0) is 15.7. The highest BCUT2D eigenvalue weighted by Gasteiger charge is 2.15. The molecule has 3 rings (SSSR count). The van der Waals surface area contributed by atoms with Crippen LogP contribution in [0, 0.1) is 12.7 Å². The highest BCUT2D eigenvalue weighted by atomic mass is 19.1. The van der Waals surface area contributed by atoms with Crippen molar-refractivity contribution in [2.45, 2.75) is 13.8 Å². The third-order valence-electron chi connectivity index (χ3n) is 3.36. The SMILES string of the molecule is CCOC(=O)c1cnc2cc(-c3ccc(F)cc3)nn2c1C. The van der Waals surface area contributed by atoms with Crippen LogP contribution in [0.1, 0.15) is 23.0 Å². The molecule has 0 saturated carbocycles. The summed E-state index contributed by atoms with van der Waals surface area (Å²) in [5.41, 5.74) is 3.09. The Kier molecular flexibility index (Phi) is 3.58. The lowest BCUT2D eigenvalue weighted by molar-refractivity contribution is 0.0524. The number of benzene rings is 1. The fourth-order valence-electron chi connectivity index (χ4n) is 2.22. The zero-order valence-electron chi connectivity index (χ0n) is 12.2. The van der Waals surface area contributed by atoms with Gasteiger partial charge in [-0.15, -0.1) is 0 Å². The molecule has 0 spiro atoms. The lowest BCUT2D eigenvalue weighted by atomic mass is 10.1. The number of hydrogen-bond acceptors (Lipinski definition) is 4. The number of esters is 1. The van der Waals surface area contributed by atoms with Crippen molar-refractivity contribution >= 4 is 11.6 Å². The molecule has 3 aromatic rings. The summed E-state index contributed by atoms with van der Waals surface area (Å²) in [6.07, 6.45) is 1.48. The van der Waals surface area contributed by atoms with Gasteiger partial charge >= 0.3 is 5.97 Å². The van der Waals surface area contributed by atoms with Gasteiger partial charge in [0.05, 0.1) is 23.6 Å². The fraction of sp³-hybridized carbons (Fsp3) is 0.188. The molecule has 0 amide bonds. The zero-order valence-corrected chi connectivity index (χ0v) is 12.2. The van der Waals surface area contributed by atoms with Gasteiger partial charge in [-0.3, -0.25) is 0 Å². The van der Waals surface area contributed by atoms with E-state index < -0.39 is 5.97 Å². The lowest BCUT2D eigenvalue weighted by Crippen LogP contribution is -2.11. The minimum Gasteiger partial charge on any atom is -0.462 e. The normalized spacial score (nSPS) is 10.9. The van der Waals surface area contributed by atoms with Gasteiger partial charge in [0, 0.05) is 17.8 Å². The van der Waals surface area contributed by atoms with Gasteiger partial charge in [0.15, 0.2) is 5.65 Å². The number of carbonyl (C=O) groups is 1. The topological polar surface area (TPSA) is 56.5 Å². The Morgan fingerprint density at radius 1 is 1.32 bits per heavy atom. The molecule has 0 radical (unpaired) electrons. The summed E-state index contributed by atoms with van der Waals surface area (Å²) < 4.78 is 19.6. The molecule has 0 aliphatic rings. The molecule has 0 unspecified atom stereocenters. The van der Waals surface area contributed by atoms with Crippen LogP contribution < -0.4 is 0 Å². The Bertz CT molecular complexity index is 840. The van der Waals surface area contributed by atoms with Crippen LogP contribution >= 0.6 is 0 Å². The van der Waals surface area contributed by atoms with Crippen LogP contribution in [0.25, 0.3) is 16.9 Å². The maximum atomic E-state index is 13.0. The number of aryl methyl sites for hydroxylation is 1. The second-order valence-electron chi connectivity index (χ2n) is 4.78. The van der Waals surface area contributed by atoms with Crippen LogP contribution in [0.15, 0.2) is 36.5 Å². The summed E-state index contributed by atoms with van der Waals surface area (Å²) in [5.74, 6) is -0.723. The predicted octanol–water partition coefficient (Wildman–Crippen LogP) is 3.02. The first kappa shape index (κ1) is 14.2. The van der Waals surface area contributed by atoms with Gasteiger partial charge in [-0.05, 0) is 38.1 Å². The van der Waals surface area contributed by atoms with Gasteiger partial charge in [-0.25, -0.2) is 18.7 Å². The molecule has 0 saturated heterocycles. The van der Waals surface area contributed by atoms with Gasteiger partial charge in [0.1, 0.15) is 5.82 Å². The van der Waals surface area contributed by atoms with Crippen LogP contribution in [0.5, 0.6) is 0 Å². The molecule has 1 aromatic carbocycles. The average molecular weight is 299 g/mol. The summed E-state index contributed by atoms with van der Waals surface area (Å²) >= 11 is 0. The fourth-order valence-corrected chi connectivity index (χ4v) is 2.22. The molecule has 2 aromatic heterocycles. The first-order valence-electron chi connectivity index (χ1n) is 6.88. The Labute approximate surface area is 126 Å². The number of hydrogen-bond donors (Lipinski definition) is 0. The molecule has 112 valence electrons. The molecular formula is C16H14FN3O2. The lowest BCUT2D eigenvalue weighted by Gasteiger charge is -2.06. The van der Waals surface area contributed by atoms with Crippen LogP contribution in [0.3, 0.4) is 0 Å². The van der Waals surface area contributed by atoms with E-state index in [1.165, 1.54) is 18.3 Å². The number of carbonyl (C=O) groups excluding carboxylic acids is 1. The van der Waals surface area contributed by atoms with Crippen LogP contribution in [-0.2, 0) is 4.74 Å². The maximum absolute atomic E-state index is 13.0. The van der Waals surface area contributed by atoms with E-state index in [9.17, 15) is 9.18 Å². The van der Waals surface area contributed by atoms with E-state index in [0.717, 1.165) is 5.56 Å². The first-order chi connectivity index (χ1) is 10.6. The molecule has 5 nitrogen and oxygen atoms in total. The van der Waals surface area contributed by atoms with Crippen molar-refractivity contribution in [2.24, 2.45) is 0 Å². The van der Waals surface area contributed by atoms with Crippen molar-refractivity contribution in [3.63, 3.8) is 0 Å². The van der Waals surface area contributed by atoms with E-state index in [-0.39, 0.29) is 5.82 Å². The number of fused-ring (bicyclic) bond motifs is 1. The minimum absolute atomic E-state index is 0.300. The van der Waals surface area contributed by atoms with Crippen molar-refractivity contribution < 1.29 is 13.9 Å². The highest BCUT2D eigenvalue weighted by molar-refractivity contribution is 5.90. The summed E-state index contributed by atoms with van der Waals surface area (Å²) in [7, 11) is 0.